The summed E-state index contributed by atoms with van der Waals surface area (Å²) in [6.45, 7) is 3.23. The smallest absolute Gasteiger partial charge is 0.472 e. The van der Waals surface area contributed by atoms with E-state index in [1.54, 1.807) is 6.26 Å². The summed E-state index contributed by atoms with van der Waals surface area (Å²) >= 11 is 0. The number of rotatable bonds is 43. The molecule has 0 spiro atoms. The van der Waals surface area contributed by atoms with E-state index < -0.39 is 45.1 Å². The molecule has 0 aliphatic rings. The monoisotopic (exact) mass is 826 g/mol. The fourth-order valence-electron chi connectivity index (χ4n) is 6.11. The lowest BCUT2D eigenvalue weighted by molar-refractivity contribution is -0.153. The number of phosphoric acid groups is 1. The maximum Gasteiger partial charge on any atom is 0.472 e. The first-order chi connectivity index (χ1) is 27.7. The van der Waals surface area contributed by atoms with Crippen molar-refractivity contribution in [3.8, 4) is 0 Å². The molecular weight excluding hydrogens is 741 g/mol. The average Bonchev–Trinajstić information content (AvgIpc) is 3.19. The molecule has 0 aliphatic carbocycles. The van der Waals surface area contributed by atoms with Gasteiger partial charge >= 0.3 is 19.8 Å². The van der Waals surface area contributed by atoms with Crippen LogP contribution >= 0.6 is 7.82 Å². The summed E-state index contributed by atoms with van der Waals surface area (Å²) in [4.78, 5) is 33.5. The van der Waals surface area contributed by atoms with Crippen molar-refractivity contribution in [3.63, 3.8) is 0 Å². The minimum atomic E-state index is -4.64. The molecule has 11 heteroatoms. The van der Waals surface area contributed by atoms with Crippen molar-refractivity contribution in [1.82, 2.24) is 0 Å². The Morgan fingerprint density at radius 2 is 0.965 bits per heavy atom. The maximum atomic E-state index is 12.6. The van der Waals surface area contributed by atoms with Gasteiger partial charge in [-0.1, -0.05) is 172 Å². The number of ether oxygens (including phenoxy) is 2. The summed E-state index contributed by atoms with van der Waals surface area (Å²) in [5.41, 5.74) is 5.35. The fourth-order valence-corrected chi connectivity index (χ4v) is 6.88. The number of hydrogen-bond acceptors (Lipinski definition) is 8. The summed E-state index contributed by atoms with van der Waals surface area (Å²) in [7, 11) is -4.64. The van der Waals surface area contributed by atoms with Crippen LogP contribution < -0.4 is 5.73 Å². The van der Waals surface area contributed by atoms with Crippen molar-refractivity contribution in [2.24, 2.45) is 5.73 Å². The van der Waals surface area contributed by atoms with Crippen molar-refractivity contribution in [3.05, 3.63) is 48.8 Å². The van der Waals surface area contributed by atoms with Crippen LogP contribution in [0.2, 0.25) is 0 Å². The second-order valence-electron chi connectivity index (χ2n) is 15.2. The van der Waals surface area contributed by atoms with Gasteiger partial charge in [-0.2, -0.15) is 0 Å². The Morgan fingerprint density at radius 3 is 1.47 bits per heavy atom. The molecule has 0 heterocycles. The highest BCUT2D eigenvalue weighted by Crippen LogP contribution is 2.43. The largest absolute Gasteiger partial charge is 0.498 e. The Bertz CT molecular complexity index is 1090. The average molecular weight is 826 g/mol. The minimum absolute atomic E-state index is 0.0763. The zero-order valence-corrected chi connectivity index (χ0v) is 37.1. The second-order valence-corrected chi connectivity index (χ2v) is 16.7. The lowest BCUT2D eigenvalue weighted by Crippen LogP contribution is -2.34. The lowest BCUT2D eigenvalue weighted by atomic mass is 10.0. The highest BCUT2D eigenvalue weighted by atomic mass is 31.2. The molecule has 0 radical (unpaired) electrons. The van der Waals surface area contributed by atoms with E-state index in [0.717, 1.165) is 51.4 Å². The van der Waals surface area contributed by atoms with Crippen molar-refractivity contribution in [2.45, 2.75) is 212 Å². The Balaban J connectivity index is 4.30. The summed E-state index contributed by atoms with van der Waals surface area (Å²) in [5, 5.41) is 8.90. The molecule has 0 fully saturated rings. The number of carboxylic acids is 1. The van der Waals surface area contributed by atoms with E-state index in [-0.39, 0.29) is 13.0 Å². The third-order valence-corrected chi connectivity index (χ3v) is 10.6. The normalized spacial score (nSPS) is 14.2. The van der Waals surface area contributed by atoms with E-state index >= 15 is 0 Å². The maximum absolute atomic E-state index is 12.6. The Kier molecular flexibility index (Phi) is 40.3. The van der Waals surface area contributed by atoms with Gasteiger partial charge in [0.25, 0.3) is 0 Å². The third kappa shape index (κ3) is 41.7. The summed E-state index contributed by atoms with van der Waals surface area (Å²) in [6.07, 6.45) is 49.6. The number of nitrogens with two attached hydrogens (primary N) is 1. The van der Waals surface area contributed by atoms with Crippen LogP contribution in [-0.2, 0) is 32.7 Å². The quantitative estimate of drug-likeness (QED) is 0.0178. The summed E-state index contributed by atoms with van der Waals surface area (Å²) in [6, 6.07) is -1.49. The van der Waals surface area contributed by atoms with E-state index in [0.29, 0.717) is 6.42 Å². The van der Waals surface area contributed by atoms with Crippen molar-refractivity contribution in [2.75, 3.05) is 19.8 Å². The molecule has 0 aromatic heterocycles. The van der Waals surface area contributed by atoms with Crippen LogP contribution in [0.5, 0.6) is 0 Å². The van der Waals surface area contributed by atoms with Crippen molar-refractivity contribution < 1.29 is 42.7 Å². The first-order valence-corrected chi connectivity index (χ1v) is 24.2. The Morgan fingerprint density at radius 1 is 0.561 bits per heavy atom. The third-order valence-electron chi connectivity index (χ3n) is 9.68. The highest BCUT2D eigenvalue weighted by Gasteiger charge is 2.27. The molecule has 1 unspecified atom stereocenters. The van der Waals surface area contributed by atoms with Gasteiger partial charge < -0.3 is 25.2 Å². The molecule has 3 atom stereocenters. The van der Waals surface area contributed by atoms with E-state index in [1.807, 2.05) is 6.08 Å². The summed E-state index contributed by atoms with van der Waals surface area (Å²) < 4.78 is 33.1. The van der Waals surface area contributed by atoms with Crippen LogP contribution in [-0.4, -0.2) is 53.9 Å². The molecule has 332 valence electrons. The Labute approximate surface area is 348 Å². The number of hydrogen-bond donors (Lipinski definition) is 3. The van der Waals surface area contributed by atoms with Crippen LogP contribution in [0.3, 0.4) is 0 Å². The van der Waals surface area contributed by atoms with Crippen LogP contribution in [0.15, 0.2) is 48.8 Å². The zero-order valence-electron chi connectivity index (χ0n) is 36.2. The van der Waals surface area contributed by atoms with Gasteiger partial charge in [-0.3, -0.25) is 18.6 Å². The van der Waals surface area contributed by atoms with Gasteiger partial charge in [-0.05, 0) is 63.9 Å². The second kappa shape index (κ2) is 41.9. The van der Waals surface area contributed by atoms with Crippen LogP contribution in [0.1, 0.15) is 200 Å². The van der Waals surface area contributed by atoms with Gasteiger partial charge in [0, 0.05) is 6.42 Å². The zero-order chi connectivity index (χ0) is 41.9. The first kappa shape index (κ1) is 54.8. The first-order valence-electron chi connectivity index (χ1n) is 22.7. The number of carboxylic acid groups (broad SMARTS) is 1. The molecular formula is C46H84NO9P. The molecule has 0 aromatic rings. The molecule has 57 heavy (non-hydrogen) atoms. The van der Waals surface area contributed by atoms with Gasteiger partial charge in [0.05, 0.1) is 19.5 Å². The molecule has 0 rings (SSSR count). The topological polar surface area (TPSA) is 155 Å². The number of phosphoric ester groups is 1. The molecule has 0 bridgehead atoms. The van der Waals surface area contributed by atoms with Gasteiger partial charge in [-0.25, -0.2) is 4.57 Å². The predicted octanol–water partition coefficient (Wildman–Crippen LogP) is 13.0. The molecule has 4 N–H and O–H groups in total. The minimum Gasteiger partial charge on any atom is -0.498 e. The molecule has 0 aromatic carbocycles. The van der Waals surface area contributed by atoms with E-state index in [9.17, 15) is 19.0 Å². The molecule has 0 saturated carbocycles. The van der Waals surface area contributed by atoms with Crippen molar-refractivity contribution in [1.29, 1.82) is 0 Å². The van der Waals surface area contributed by atoms with Gasteiger partial charge in [0.2, 0.25) is 0 Å². The van der Waals surface area contributed by atoms with E-state index in [1.165, 1.54) is 122 Å². The number of aliphatic carboxylic acids is 1. The standard InChI is InChI=1S/C46H84NO9P/c1-3-5-7-9-11-13-15-17-19-21-23-25-27-29-31-33-35-37-39-53-40-43(41-54-57(51,52)55-42-44(47)46(49)50)56-45(48)38-36-34-32-30-28-26-24-22-20-18-16-14-12-10-8-6-4-2/h12,14,18,20,24,26,37,39,43-44H,3-11,13,15-17,19,21-23,25,27-36,38,40-42,47H2,1-2H3,(H,49,50)(H,51,52)/b14-12-,20-18-,26-24-,39-37-/t43-,44+/m1/s1. The number of unbranched alkanes of at least 4 members (excludes halogenated alkanes) is 23. The highest BCUT2D eigenvalue weighted by molar-refractivity contribution is 7.47. The van der Waals surface area contributed by atoms with Gasteiger partial charge in [0.1, 0.15) is 12.6 Å². The molecule has 0 saturated heterocycles. The van der Waals surface area contributed by atoms with E-state index in [4.69, 9.17) is 29.4 Å². The number of carbonyl (C=O) groups excluding carboxylic acids is 1. The van der Waals surface area contributed by atoms with Gasteiger partial charge in [-0.15, -0.1) is 0 Å². The SMILES string of the molecule is CCCCC/C=C\C/C=C\C/C=C\CCCCCCC(=O)O[C@H](CO/C=C\CCCCCCCCCCCCCCCCCC)COP(=O)(O)OC[C@H](N)C(=O)O. The van der Waals surface area contributed by atoms with Crippen LogP contribution in [0, 0.1) is 0 Å². The molecule has 0 amide bonds. The predicted molar refractivity (Wildman–Crippen MR) is 235 cm³/mol. The summed E-state index contributed by atoms with van der Waals surface area (Å²) in [5.74, 6) is -1.83. The fraction of sp³-hybridized carbons (Fsp3) is 0.783. The molecule has 0 aliphatic heterocycles. The number of carbonyl (C=O) groups is 2. The number of esters is 1. The van der Waals surface area contributed by atoms with Gasteiger partial charge in [0.15, 0.2) is 6.10 Å². The van der Waals surface area contributed by atoms with Crippen molar-refractivity contribution >= 4 is 19.8 Å². The van der Waals surface area contributed by atoms with E-state index in [2.05, 4.69) is 50.3 Å². The Hall–Kier alpha value is -2.23. The molecule has 10 nitrogen and oxygen atoms in total. The number of allylic oxidation sites excluding steroid dienone is 7. The van der Waals surface area contributed by atoms with Crippen LogP contribution in [0.4, 0.5) is 0 Å². The van der Waals surface area contributed by atoms with Crippen LogP contribution in [0.25, 0.3) is 0 Å². The lowest BCUT2D eigenvalue weighted by Gasteiger charge is -2.20.